The third kappa shape index (κ3) is 9.33. The van der Waals surface area contributed by atoms with Crippen molar-refractivity contribution < 1.29 is 0 Å². The second-order valence-electron chi connectivity index (χ2n) is 8.72. The van der Waals surface area contributed by atoms with E-state index in [0.717, 1.165) is 21.5 Å². The Balaban J connectivity index is 0.000000152. The van der Waals surface area contributed by atoms with E-state index in [-0.39, 0.29) is 0 Å². The first-order chi connectivity index (χ1) is 19.2. The van der Waals surface area contributed by atoms with Crippen molar-refractivity contribution in [3.8, 4) is 22.3 Å². The van der Waals surface area contributed by atoms with Gasteiger partial charge in [-0.3, -0.25) is 0 Å². The summed E-state index contributed by atoms with van der Waals surface area (Å²) in [4.78, 5) is 0. The molecule has 0 amide bonds. The summed E-state index contributed by atoms with van der Waals surface area (Å²) in [5.74, 6) is 0. The van der Waals surface area contributed by atoms with Gasteiger partial charge in [0.15, 0.2) is 0 Å². The van der Waals surface area contributed by atoms with Gasteiger partial charge in [-0.15, -0.1) is 0 Å². The minimum atomic E-state index is 0.805. The summed E-state index contributed by atoms with van der Waals surface area (Å²) in [7, 11) is 0. The van der Waals surface area contributed by atoms with Crippen LogP contribution in [0, 0.1) is 0 Å². The number of benzene rings is 6. The Kier molecular flexibility index (Phi) is 10.5. The number of nitrogens with two attached hydrogens (primary N) is 1. The molecule has 0 aromatic heterocycles. The smallest absolute Gasteiger partial charge is 0.0384 e. The summed E-state index contributed by atoms with van der Waals surface area (Å²) in [6.45, 7) is 0. The highest BCUT2D eigenvalue weighted by atomic mass is 79.9. The van der Waals surface area contributed by atoms with Crippen molar-refractivity contribution in [2.24, 2.45) is 0 Å². The molecule has 6 rings (SSSR count). The Bertz CT molecular complexity index is 1490. The first-order valence-corrected chi connectivity index (χ1v) is 13.6. The molecule has 0 saturated carbocycles. The van der Waals surface area contributed by atoms with Crippen molar-refractivity contribution in [3.05, 3.63) is 174 Å². The number of halogens is 1. The molecule has 0 bridgehead atoms. The minimum absolute atomic E-state index is 0.805. The Morgan fingerprint density at radius 2 is 0.692 bits per heavy atom. The third-order valence-electron chi connectivity index (χ3n) is 5.81. The lowest BCUT2D eigenvalue weighted by Crippen LogP contribution is -1.89. The molecule has 0 aliphatic rings. The molecule has 192 valence electrons. The van der Waals surface area contributed by atoms with Gasteiger partial charge in [0.1, 0.15) is 0 Å². The van der Waals surface area contributed by atoms with Crippen molar-refractivity contribution in [3.63, 3.8) is 0 Å². The monoisotopic (exact) mass is 570 g/mol. The predicted octanol–water partition coefficient (Wildman–Crippen LogP) is 10.5. The largest absolute Gasteiger partial charge is 0.399 e. The molecule has 3 N–H and O–H groups in total. The molecule has 0 aliphatic heterocycles. The summed E-state index contributed by atoms with van der Waals surface area (Å²) < 4.78 is 1.13. The quantitative estimate of drug-likeness (QED) is 0.207. The number of nitrogen functional groups attached to an aromatic ring is 1. The zero-order chi connectivity index (χ0) is 27.1. The van der Waals surface area contributed by atoms with E-state index >= 15 is 0 Å². The predicted molar refractivity (Wildman–Crippen MR) is 172 cm³/mol. The van der Waals surface area contributed by atoms with E-state index in [0.29, 0.717) is 0 Å². The third-order valence-corrected chi connectivity index (χ3v) is 6.33. The number of rotatable bonds is 4. The fourth-order valence-corrected chi connectivity index (χ4v) is 4.09. The van der Waals surface area contributed by atoms with Crippen molar-refractivity contribution >= 4 is 33.0 Å². The second-order valence-corrected chi connectivity index (χ2v) is 9.63. The topological polar surface area (TPSA) is 38.0 Å². The Labute approximate surface area is 239 Å². The molecule has 2 nitrogen and oxygen atoms in total. The summed E-state index contributed by atoms with van der Waals surface area (Å²) >= 11 is 3.31. The SMILES string of the molecule is Brc1ccccc1.Nc1ccc(-c2ccccc2)cc1.c1ccc(Nc2ccc(-c3ccccc3)cc2)cc1. The molecule has 3 heteroatoms. The van der Waals surface area contributed by atoms with E-state index in [1.165, 1.54) is 22.3 Å². The number of para-hydroxylation sites is 1. The van der Waals surface area contributed by atoms with Gasteiger partial charge in [0.05, 0.1) is 0 Å². The van der Waals surface area contributed by atoms with Crippen LogP contribution in [0.3, 0.4) is 0 Å². The average Bonchev–Trinajstić information content (AvgIpc) is 3.00. The van der Waals surface area contributed by atoms with Gasteiger partial charge in [-0.2, -0.15) is 0 Å². The van der Waals surface area contributed by atoms with Gasteiger partial charge in [0.2, 0.25) is 0 Å². The van der Waals surface area contributed by atoms with Gasteiger partial charge >= 0.3 is 0 Å². The highest BCUT2D eigenvalue weighted by Crippen LogP contribution is 2.23. The van der Waals surface area contributed by atoms with E-state index in [1.807, 2.05) is 97.1 Å². The Hall–Kier alpha value is -4.60. The molecule has 6 aromatic carbocycles. The summed E-state index contributed by atoms with van der Waals surface area (Å²) in [6, 6.07) is 57.2. The van der Waals surface area contributed by atoms with Crippen LogP contribution in [0.4, 0.5) is 17.1 Å². The number of hydrogen-bond acceptors (Lipinski definition) is 2. The molecule has 0 unspecified atom stereocenters. The maximum absolute atomic E-state index is 5.60. The summed E-state index contributed by atoms with van der Waals surface area (Å²) in [5, 5.41) is 3.38. The highest BCUT2D eigenvalue weighted by molar-refractivity contribution is 9.10. The van der Waals surface area contributed by atoms with Crippen molar-refractivity contribution in [1.29, 1.82) is 0 Å². The van der Waals surface area contributed by atoms with Crippen LogP contribution in [0.5, 0.6) is 0 Å². The zero-order valence-corrected chi connectivity index (χ0v) is 23.2. The first kappa shape index (κ1) is 27.4. The summed E-state index contributed by atoms with van der Waals surface area (Å²) in [6.07, 6.45) is 0. The zero-order valence-electron chi connectivity index (χ0n) is 21.6. The molecular formula is C36H31BrN2. The Morgan fingerprint density at radius 1 is 0.359 bits per heavy atom. The molecule has 0 spiro atoms. The Morgan fingerprint density at radius 3 is 1.10 bits per heavy atom. The van der Waals surface area contributed by atoms with Gasteiger partial charge in [-0.05, 0) is 70.8 Å². The molecule has 39 heavy (non-hydrogen) atoms. The molecule has 6 aromatic rings. The van der Waals surface area contributed by atoms with Crippen LogP contribution in [0.1, 0.15) is 0 Å². The molecule has 0 aliphatic carbocycles. The lowest BCUT2D eigenvalue weighted by atomic mass is 10.1. The van der Waals surface area contributed by atoms with Crippen LogP contribution < -0.4 is 11.1 Å². The van der Waals surface area contributed by atoms with Crippen LogP contribution in [0.15, 0.2) is 174 Å². The van der Waals surface area contributed by atoms with Gasteiger partial charge < -0.3 is 11.1 Å². The molecule has 0 saturated heterocycles. The fraction of sp³-hybridized carbons (Fsp3) is 0. The van der Waals surface area contributed by atoms with Crippen LogP contribution in [-0.2, 0) is 0 Å². The molecule has 0 fully saturated rings. The summed E-state index contributed by atoms with van der Waals surface area (Å²) in [5.41, 5.74) is 13.5. The van der Waals surface area contributed by atoms with Gasteiger partial charge in [-0.25, -0.2) is 0 Å². The van der Waals surface area contributed by atoms with E-state index < -0.39 is 0 Å². The molecule has 0 heterocycles. The van der Waals surface area contributed by atoms with Crippen LogP contribution in [-0.4, -0.2) is 0 Å². The number of hydrogen-bond donors (Lipinski definition) is 2. The van der Waals surface area contributed by atoms with E-state index in [9.17, 15) is 0 Å². The normalized spacial score (nSPS) is 9.77. The molecule has 0 radical (unpaired) electrons. The van der Waals surface area contributed by atoms with E-state index in [2.05, 4.69) is 94.0 Å². The standard InChI is InChI=1S/C18H15N.C12H11N.C6H5Br/c1-3-7-15(8-4-1)16-11-13-18(14-12-16)19-17-9-5-2-6-10-17;13-12-8-6-11(7-9-12)10-4-2-1-3-5-10;7-6-4-2-1-3-5-6/h1-14,19H;1-9H,13H2;1-5H. The number of anilines is 3. The lowest BCUT2D eigenvalue weighted by molar-refractivity contribution is 1.54. The maximum atomic E-state index is 5.60. The van der Waals surface area contributed by atoms with Crippen molar-refractivity contribution in [2.45, 2.75) is 0 Å². The average molecular weight is 572 g/mol. The fourth-order valence-electron chi connectivity index (χ4n) is 3.79. The lowest BCUT2D eigenvalue weighted by Gasteiger charge is -2.07. The van der Waals surface area contributed by atoms with Crippen molar-refractivity contribution in [2.75, 3.05) is 11.1 Å². The molecule has 0 atom stereocenters. The van der Waals surface area contributed by atoms with Crippen LogP contribution in [0.25, 0.3) is 22.3 Å². The van der Waals surface area contributed by atoms with Crippen molar-refractivity contribution in [1.82, 2.24) is 0 Å². The van der Waals surface area contributed by atoms with E-state index in [1.54, 1.807) is 0 Å². The first-order valence-electron chi connectivity index (χ1n) is 12.8. The van der Waals surface area contributed by atoms with Crippen LogP contribution >= 0.6 is 15.9 Å². The van der Waals surface area contributed by atoms with E-state index in [4.69, 9.17) is 5.73 Å². The van der Waals surface area contributed by atoms with Gasteiger partial charge in [0, 0.05) is 21.5 Å². The minimum Gasteiger partial charge on any atom is -0.399 e. The maximum Gasteiger partial charge on any atom is 0.0384 e. The second kappa shape index (κ2) is 15.0. The van der Waals surface area contributed by atoms with Gasteiger partial charge in [0.25, 0.3) is 0 Å². The highest BCUT2D eigenvalue weighted by Gasteiger charge is 1.98. The van der Waals surface area contributed by atoms with Gasteiger partial charge in [-0.1, -0.05) is 137 Å². The molecular weight excluding hydrogens is 540 g/mol. The number of nitrogens with one attached hydrogen (secondary N) is 1. The van der Waals surface area contributed by atoms with Crippen LogP contribution in [0.2, 0.25) is 0 Å².